The summed E-state index contributed by atoms with van der Waals surface area (Å²) in [7, 11) is 1.70. The molecule has 1 unspecified atom stereocenters. The molecular formula is C16H25N3O. The van der Waals surface area contributed by atoms with Crippen molar-refractivity contribution in [2.45, 2.75) is 26.3 Å². The molecule has 1 N–H and O–H groups in total. The molecule has 0 bridgehead atoms. The predicted octanol–water partition coefficient (Wildman–Crippen LogP) is 2.72. The maximum absolute atomic E-state index is 8.75. The number of ether oxygens (including phenoxy) is 1. The molecule has 0 spiro atoms. The largest absolute Gasteiger partial charge is 0.383 e. The van der Waals surface area contributed by atoms with Gasteiger partial charge in [0.25, 0.3) is 0 Å². The zero-order valence-corrected chi connectivity index (χ0v) is 12.7. The third kappa shape index (κ3) is 5.20. The Bertz CT molecular complexity index is 411. The molecule has 0 aliphatic heterocycles. The van der Waals surface area contributed by atoms with Gasteiger partial charge in [0.2, 0.25) is 0 Å². The first-order chi connectivity index (χ1) is 9.72. The maximum atomic E-state index is 8.75. The summed E-state index contributed by atoms with van der Waals surface area (Å²) in [5.41, 5.74) is 2.42. The van der Waals surface area contributed by atoms with Crippen molar-refractivity contribution in [2.75, 3.05) is 38.3 Å². The summed E-state index contributed by atoms with van der Waals surface area (Å²) in [6, 6.07) is 11.1. The van der Waals surface area contributed by atoms with E-state index in [2.05, 4.69) is 54.4 Å². The minimum absolute atomic E-state index is 0.362. The molecule has 0 heterocycles. The van der Waals surface area contributed by atoms with Gasteiger partial charge in [0.15, 0.2) is 0 Å². The Kier molecular flexibility index (Phi) is 7.71. The minimum Gasteiger partial charge on any atom is -0.383 e. The Morgan fingerprint density at radius 3 is 2.55 bits per heavy atom. The van der Waals surface area contributed by atoms with Gasteiger partial charge in [-0.1, -0.05) is 19.1 Å². The molecule has 0 saturated heterocycles. The van der Waals surface area contributed by atoms with Crippen molar-refractivity contribution in [3.05, 3.63) is 29.8 Å². The van der Waals surface area contributed by atoms with Crippen LogP contribution in [-0.2, 0) is 4.74 Å². The van der Waals surface area contributed by atoms with Gasteiger partial charge >= 0.3 is 0 Å². The average molecular weight is 275 g/mol. The summed E-state index contributed by atoms with van der Waals surface area (Å²) < 4.78 is 5.13. The quantitative estimate of drug-likeness (QED) is 0.753. The molecule has 0 aliphatic rings. The number of methoxy groups -OCH3 is 1. The van der Waals surface area contributed by atoms with Crippen LogP contribution in [0.15, 0.2) is 24.3 Å². The molecule has 4 heteroatoms. The smallest absolute Gasteiger partial charge is 0.0640 e. The molecular weight excluding hydrogens is 250 g/mol. The van der Waals surface area contributed by atoms with Gasteiger partial charge in [-0.2, -0.15) is 5.26 Å². The molecule has 0 fully saturated rings. The number of nitrogens with one attached hydrogen (secondary N) is 1. The number of nitrogens with zero attached hydrogens (tertiary/aromatic N) is 2. The first kappa shape index (κ1) is 16.5. The van der Waals surface area contributed by atoms with E-state index in [1.165, 1.54) is 5.56 Å². The van der Waals surface area contributed by atoms with E-state index in [1.807, 2.05) is 0 Å². The molecule has 0 saturated carbocycles. The van der Waals surface area contributed by atoms with E-state index in [9.17, 15) is 0 Å². The summed E-state index contributed by atoms with van der Waals surface area (Å²) in [5, 5.41) is 12.1. The molecule has 1 aromatic rings. The zero-order valence-electron chi connectivity index (χ0n) is 12.7. The monoisotopic (exact) mass is 275 g/mol. The molecule has 0 aliphatic carbocycles. The van der Waals surface area contributed by atoms with Crippen LogP contribution in [0.3, 0.4) is 0 Å². The molecule has 0 radical (unpaired) electrons. The highest BCUT2D eigenvalue weighted by Crippen LogP contribution is 2.19. The summed E-state index contributed by atoms with van der Waals surface area (Å²) in [6.45, 7) is 7.45. The Morgan fingerprint density at radius 2 is 2.00 bits per heavy atom. The van der Waals surface area contributed by atoms with E-state index >= 15 is 0 Å². The Hall–Kier alpha value is -1.57. The van der Waals surface area contributed by atoms with Crippen LogP contribution in [0.4, 0.5) is 5.69 Å². The lowest BCUT2D eigenvalue weighted by molar-refractivity contribution is 0.205. The van der Waals surface area contributed by atoms with E-state index in [1.54, 1.807) is 7.11 Å². The molecule has 4 nitrogen and oxygen atoms in total. The number of benzene rings is 1. The highest BCUT2D eigenvalue weighted by atomic mass is 16.5. The van der Waals surface area contributed by atoms with Crippen LogP contribution in [0.1, 0.15) is 31.9 Å². The summed E-state index contributed by atoms with van der Waals surface area (Å²) in [5.74, 6) is 0. The number of nitriles is 1. The lowest BCUT2D eigenvalue weighted by Gasteiger charge is -2.24. The first-order valence-corrected chi connectivity index (χ1v) is 7.17. The SMILES string of the molecule is CCNC(C)c1ccc(N(CCC#N)CCOC)cc1. The van der Waals surface area contributed by atoms with E-state index in [0.29, 0.717) is 19.1 Å². The molecule has 110 valence electrons. The van der Waals surface area contributed by atoms with Gasteiger partial charge in [0.1, 0.15) is 0 Å². The van der Waals surface area contributed by atoms with Crippen LogP contribution in [-0.4, -0.2) is 33.4 Å². The third-order valence-electron chi connectivity index (χ3n) is 3.33. The van der Waals surface area contributed by atoms with Crippen LogP contribution in [0.25, 0.3) is 0 Å². The number of hydrogen-bond donors (Lipinski definition) is 1. The van der Waals surface area contributed by atoms with Crippen molar-refractivity contribution in [3.63, 3.8) is 0 Å². The third-order valence-corrected chi connectivity index (χ3v) is 3.33. The van der Waals surface area contributed by atoms with E-state index < -0.39 is 0 Å². The van der Waals surface area contributed by atoms with Crippen molar-refractivity contribution >= 4 is 5.69 Å². The topological polar surface area (TPSA) is 48.3 Å². The fourth-order valence-corrected chi connectivity index (χ4v) is 2.15. The van der Waals surface area contributed by atoms with Crippen molar-refractivity contribution in [1.82, 2.24) is 5.32 Å². The number of anilines is 1. The Morgan fingerprint density at radius 1 is 1.30 bits per heavy atom. The van der Waals surface area contributed by atoms with Gasteiger partial charge in [-0.15, -0.1) is 0 Å². The van der Waals surface area contributed by atoms with Gasteiger partial charge < -0.3 is 15.0 Å². The van der Waals surface area contributed by atoms with Crippen LogP contribution in [0.5, 0.6) is 0 Å². The molecule has 1 aromatic carbocycles. The van der Waals surface area contributed by atoms with E-state index in [0.717, 1.165) is 25.3 Å². The van der Waals surface area contributed by atoms with Crippen molar-refractivity contribution in [3.8, 4) is 6.07 Å². The van der Waals surface area contributed by atoms with Gasteiger partial charge in [-0.25, -0.2) is 0 Å². The Balaban J connectivity index is 2.73. The van der Waals surface area contributed by atoms with Crippen LogP contribution in [0.2, 0.25) is 0 Å². The van der Waals surface area contributed by atoms with Crippen molar-refractivity contribution in [1.29, 1.82) is 5.26 Å². The summed E-state index contributed by atoms with van der Waals surface area (Å²) in [4.78, 5) is 2.19. The second kappa shape index (κ2) is 9.35. The number of rotatable bonds is 9. The molecule has 1 atom stereocenters. The second-order valence-electron chi connectivity index (χ2n) is 4.76. The van der Waals surface area contributed by atoms with E-state index in [4.69, 9.17) is 10.00 Å². The van der Waals surface area contributed by atoms with Gasteiger partial charge in [-0.3, -0.25) is 0 Å². The van der Waals surface area contributed by atoms with Gasteiger partial charge in [0, 0.05) is 31.9 Å². The molecule has 0 aromatic heterocycles. The molecule has 0 amide bonds. The molecule has 20 heavy (non-hydrogen) atoms. The standard InChI is InChI=1S/C16H25N3O/c1-4-18-14(2)15-6-8-16(9-7-15)19(11-5-10-17)12-13-20-3/h6-9,14,18H,4-5,11-13H2,1-3H3. The maximum Gasteiger partial charge on any atom is 0.0640 e. The summed E-state index contributed by atoms with van der Waals surface area (Å²) in [6.07, 6.45) is 0.527. The summed E-state index contributed by atoms with van der Waals surface area (Å²) >= 11 is 0. The van der Waals surface area contributed by atoms with Crippen molar-refractivity contribution in [2.24, 2.45) is 0 Å². The van der Waals surface area contributed by atoms with Gasteiger partial charge in [0.05, 0.1) is 19.1 Å². The zero-order chi connectivity index (χ0) is 14.8. The van der Waals surface area contributed by atoms with Crippen LogP contribution < -0.4 is 10.2 Å². The average Bonchev–Trinajstić information content (AvgIpc) is 2.48. The van der Waals surface area contributed by atoms with Crippen molar-refractivity contribution < 1.29 is 4.74 Å². The van der Waals surface area contributed by atoms with E-state index in [-0.39, 0.29) is 0 Å². The fraction of sp³-hybridized carbons (Fsp3) is 0.562. The second-order valence-corrected chi connectivity index (χ2v) is 4.76. The predicted molar refractivity (Wildman–Crippen MR) is 82.9 cm³/mol. The normalized spacial score (nSPS) is 11.9. The first-order valence-electron chi connectivity index (χ1n) is 7.17. The minimum atomic E-state index is 0.362. The lowest BCUT2D eigenvalue weighted by Crippen LogP contribution is -2.28. The fourth-order valence-electron chi connectivity index (χ4n) is 2.15. The van der Waals surface area contributed by atoms with Crippen LogP contribution >= 0.6 is 0 Å². The highest BCUT2D eigenvalue weighted by molar-refractivity contribution is 5.48. The lowest BCUT2D eigenvalue weighted by atomic mass is 10.1. The Labute approximate surface area is 122 Å². The molecule has 1 rings (SSSR count). The van der Waals surface area contributed by atoms with Crippen LogP contribution in [0, 0.1) is 11.3 Å². The van der Waals surface area contributed by atoms with Gasteiger partial charge in [-0.05, 0) is 31.2 Å². The number of hydrogen-bond acceptors (Lipinski definition) is 4. The highest BCUT2D eigenvalue weighted by Gasteiger charge is 2.08.